The van der Waals surface area contributed by atoms with Crippen LogP contribution in [0.3, 0.4) is 0 Å². The summed E-state index contributed by atoms with van der Waals surface area (Å²) in [4.78, 5) is 10.9. The van der Waals surface area contributed by atoms with Crippen molar-refractivity contribution in [1.29, 1.82) is 0 Å². The van der Waals surface area contributed by atoms with Gasteiger partial charge in [-0.05, 0) is 17.7 Å². The molecule has 0 aliphatic heterocycles. The highest BCUT2D eigenvalue weighted by molar-refractivity contribution is 5.89. The van der Waals surface area contributed by atoms with Crippen molar-refractivity contribution in [3.63, 3.8) is 0 Å². The van der Waals surface area contributed by atoms with Crippen molar-refractivity contribution < 1.29 is 26.7 Å². The Morgan fingerprint density at radius 3 is 1.92 bits per heavy atom. The number of nitrogens with one attached hydrogen (secondary N) is 2. The summed E-state index contributed by atoms with van der Waals surface area (Å²) in [7, 11) is 0. The zero-order valence-corrected chi connectivity index (χ0v) is 12.1. The van der Waals surface area contributed by atoms with Crippen molar-refractivity contribution in [2.45, 2.75) is 6.92 Å². The van der Waals surface area contributed by atoms with Gasteiger partial charge in [-0.3, -0.25) is 10.2 Å². The number of carbonyl (C=O) groups is 1. The van der Waals surface area contributed by atoms with Crippen LogP contribution in [0.2, 0.25) is 0 Å². The first-order chi connectivity index (χ1) is 11.3. The number of benzene rings is 2. The Kier molecular flexibility index (Phi) is 5.12. The van der Waals surface area contributed by atoms with Crippen LogP contribution in [0.1, 0.15) is 12.5 Å². The summed E-state index contributed by atoms with van der Waals surface area (Å²) in [5, 5.41) is 5.97. The minimum atomic E-state index is -2.24. The maximum Gasteiger partial charge on any atom is 0.221 e. The lowest BCUT2D eigenvalue weighted by molar-refractivity contribution is -0.114. The molecular weight excluding hydrogens is 333 g/mol. The van der Waals surface area contributed by atoms with Crippen LogP contribution in [0, 0.1) is 29.1 Å². The Morgan fingerprint density at radius 1 is 0.917 bits per heavy atom. The topological polar surface area (TPSA) is 53.5 Å². The average Bonchev–Trinajstić information content (AvgIpc) is 2.55. The second-order valence-electron chi connectivity index (χ2n) is 4.62. The van der Waals surface area contributed by atoms with Gasteiger partial charge in [0.05, 0.1) is 6.21 Å². The van der Waals surface area contributed by atoms with Crippen LogP contribution in [-0.4, -0.2) is 12.1 Å². The third-order valence-corrected chi connectivity index (χ3v) is 2.83. The summed E-state index contributed by atoms with van der Waals surface area (Å²) < 4.78 is 65.7. The molecule has 24 heavy (non-hydrogen) atoms. The summed E-state index contributed by atoms with van der Waals surface area (Å²) in [6, 6.07) is 6.13. The van der Waals surface area contributed by atoms with Gasteiger partial charge in [-0.15, -0.1) is 0 Å². The molecule has 0 aliphatic rings. The Balaban J connectivity index is 2.16. The molecule has 0 spiro atoms. The number of carbonyl (C=O) groups excluding carboxylic acids is 1. The van der Waals surface area contributed by atoms with Crippen LogP contribution in [0.5, 0.6) is 0 Å². The predicted molar refractivity (Wildman–Crippen MR) is 78.2 cm³/mol. The summed E-state index contributed by atoms with van der Waals surface area (Å²) in [6.45, 7) is 1.34. The molecule has 9 heteroatoms. The van der Waals surface area contributed by atoms with E-state index in [9.17, 15) is 26.7 Å². The molecule has 126 valence electrons. The molecule has 2 rings (SSSR count). The molecule has 0 aliphatic carbocycles. The summed E-state index contributed by atoms with van der Waals surface area (Å²) >= 11 is 0. The van der Waals surface area contributed by atoms with E-state index >= 15 is 0 Å². The summed E-state index contributed by atoms with van der Waals surface area (Å²) in [5.41, 5.74) is 1.52. The van der Waals surface area contributed by atoms with Crippen molar-refractivity contribution in [3.05, 3.63) is 58.9 Å². The fourth-order valence-electron chi connectivity index (χ4n) is 1.73. The number of anilines is 2. The van der Waals surface area contributed by atoms with E-state index in [1.54, 1.807) is 17.6 Å². The number of halogens is 5. The SMILES string of the molecule is CC(=O)Nc1ccc(/C=N\Nc2c(F)c(F)c(F)c(F)c2F)cc1. The Labute approximate surface area is 133 Å². The highest BCUT2D eigenvalue weighted by Crippen LogP contribution is 2.27. The molecule has 0 heterocycles. The van der Waals surface area contributed by atoms with Crippen molar-refractivity contribution in [2.75, 3.05) is 10.7 Å². The molecule has 0 saturated carbocycles. The van der Waals surface area contributed by atoms with Crippen LogP contribution in [0.4, 0.5) is 33.3 Å². The molecule has 2 N–H and O–H groups in total. The first-order valence-electron chi connectivity index (χ1n) is 6.49. The Hall–Kier alpha value is -2.97. The second kappa shape index (κ2) is 7.07. The number of hydrogen-bond donors (Lipinski definition) is 2. The van der Waals surface area contributed by atoms with Gasteiger partial charge in [0.2, 0.25) is 11.7 Å². The minimum absolute atomic E-state index is 0.260. The van der Waals surface area contributed by atoms with Crippen LogP contribution < -0.4 is 10.7 Å². The molecule has 0 bridgehead atoms. The minimum Gasteiger partial charge on any atom is -0.326 e. The summed E-state index contributed by atoms with van der Waals surface area (Å²) in [6.07, 6.45) is 1.11. The molecule has 0 fully saturated rings. The first kappa shape index (κ1) is 17.4. The highest BCUT2D eigenvalue weighted by Gasteiger charge is 2.25. The zero-order valence-electron chi connectivity index (χ0n) is 12.1. The normalized spacial score (nSPS) is 10.9. The predicted octanol–water partition coefficient (Wildman–Crippen LogP) is 3.79. The van der Waals surface area contributed by atoms with Crippen LogP contribution in [-0.2, 0) is 4.79 Å². The van der Waals surface area contributed by atoms with E-state index < -0.39 is 34.8 Å². The first-order valence-corrected chi connectivity index (χ1v) is 6.49. The number of hydrazone groups is 1. The fraction of sp³-hybridized carbons (Fsp3) is 0.0667. The molecule has 0 unspecified atom stereocenters. The standard InChI is InChI=1S/C15H10F5N3O/c1-7(24)22-9-4-2-8(3-5-9)6-21-23-15-13(19)11(17)10(16)12(18)14(15)20/h2-6,23H,1H3,(H,22,24)/b21-6-. The molecule has 1 amide bonds. The van der Waals surface area contributed by atoms with Gasteiger partial charge in [-0.1, -0.05) is 12.1 Å². The van der Waals surface area contributed by atoms with E-state index in [4.69, 9.17) is 0 Å². The third-order valence-electron chi connectivity index (χ3n) is 2.83. The maximum absolute atomic E-state index is 13.4. The van der Waals surface area contributed by atoms with E-state index in [1.807, 2.05) is 0 Å². The molecule has 0 aromatic heterocycles. The van der Waals surface area contributed by atoms with Crippen molar-refractivity contribution in [2.24, 2.45) is 5.10 Å². The highest BCUT2D eigenvalue weighted by atomic mass is 19.2. The summed E-state index contributed by atoms with van der Waals surface area (Å²) in [5.74, 6) is -10.6. The van der Waals surface area contributed by atoms with Gasteiger partial charge in [-0.25, -0.2) is 22.0 Å². The molecule has 0 atom stereocenters. The van der Waals surface area contributed by atoms with Crippen LogP contribution in [0.15, 0.2) is 29.4 Å². The van der Waals surface area contributed by atoms with Gasteiger partial charge in [0, 0.05) is 12.6 Å². The monoisotopic (exact) mass is 343 g/mol. The van der Waals surface area contributed by atoms with Gasteiger partial charge in [-0.2, -0.15) is 5.10 Å². The van der Waals surface area contributed by atoms with E-state index in [1.165, 1.54) is 19.1 Å². The Bertz CT molecular complexity index is 777. The van der Waals surface area contributed by atoms with E-state index in [0.717, 1.165) is 6.21 Å². The van der Waals surface area contributed by atoms with Gasteiger partial charge in [0.15, 0.2) is 23.3 Å². The molecule has 0 saturated heterocycles. The number of hydrogen-bond acceptors (Lipinski definition) is 3. The quantitative estimate of drug-likeness (QED) is 0.292. The smallest absolute Gasteiger partial charge is 0.221 e. The van der Waals surface area contributed by atoms with Crippen molar-refractivity contribution in [3.8, 4) is 0 Å². The maximum atomic E-state index is 13.4. The number of rotatable bonds is 4. The third kappa shape index (κ3) is 3.67. The van der Waals surface area contributed by atoms with Crippen molar-refractivity contribution in [1.82, 2.24) is 0 Å². The molecule has 0 radical (unpaired) electrons. The molecule has 2 aromatic carbocycles. The lowest BCUT2D eigenvalue weighted by atomic mass is 10.2. The lowest BCUT2D eigenvalue weighted by Crippen LogP contribution is -2.06. The van der Waals surface area contributed by atoms with Crippen LogP contribution >= 0.6 is 0 Å². The lowest BCUT2D eigenvalue weighted by Gasteiger charge is -2.07. The molecular formula is C15H10F5N3O. The zero-order chi connectivity index (χ0) is 17.9. The molecule has 2 aromatic rings. The molecule has 4 nitrogen and oxygen atoms in total. The van der Waals surface area contributed by atoms with Crippen LogP contribution in [0.25, 0.3) is 0 Å². The largest absolute Gasteiger partial charge is 0.326 e. The van der Waals surface area contributed by atoms with Crippen molar-refractivity contribution >= 4 is 23.5 Å². The number of nitrogens with zero attached hydrogens (tertiary/aromatic N) is 1. The Morgan fingerprint density at radius 2 is 1.42 bits per heavy atom. The van der Waals surface area contributed by atoms with Gasteiger partial charge in [0.25, 0.3) is 0 Å². The number of amides is 1. The van der Waals surface area contributed by atoms with E-state index in [0.29, 0.717) is 11.3 Å². The van der Waals surface area contributed by atoms with E-state index in [2.05, 4.69) is 10.4 Å². The van der Waals surface area contributed by atoms with Gasteiger partial charge in [0.1, 0.15) is 5.69 Å². The van der Waals surface area contributed by atoms with E-state index in [-0.39, 0.29) is 5.91 Å². The fourth-order valence-corrected chi connectivity index (χ4v) is 1.73. The second-order valence-corrected chi connectivity index (χ2v) is 4.62. The average molecular weight is 343 g/mol. The van der Waals surface area contributed by atoms with Gasteiger partial charge >= 0.3 is 0 Å². The van der Waals surface area contributed by atoms with Gasteiger partial charge < -0.3 is 5.32 Å².